The van der Waals surface area contributed by atoms with Gasteiger partial charge in [0.05, 0.1) is 5.92 Å². The van der Waals surface area contributed by atoms with E-state index in [0.29, 0.717) is 51.3 Å². The minimum Gasteiger partial charge on any atom is -0.342 e. The summed E-state index contributed by atoms with van der Waals surface area (Å²) in [6.45, 7) is 7.25. The van der Waals surface area contributed by atoms with Gasteiger partial charge < -0.3 is 14.7 Å². The van der Waals surface area contributed by atoms with Crippen LogP contribution in [0.5, 0.6) is 0 Å². The molecule has 1 unspecified atom stereocenters. The number of aryl methyl sites for hydroxylation is 1. The lowest BCUT2D eigenvalue weighted by atomic mass is 10.1. The molecular weight excluding hydrogens is 318 g/mol. The Morgan fingerprint density at radius 3 is 2.20 bits per heavy atom. The van der Waals surface area contributed by atoms with Crippen LogP contribution in [0.25, 0.3) is 0 Å². The van der Waals surface area contributed by atoms with Gasteiger partial charge in [-0.3, -0.25) is 14.4 Å². The van der Waals surface area contributed by atoms with Crippen LogP contribution in [0.4, 0.5) is 0 Å². The number of amides is 3. The summed E-state index contributed by atoms with van der Waals surface area (Å²) in [5.74, 6) is -0.104. The van der Waals surface area contributed by atoms with Gasteiger partial charge in [0.15, 0.2) is 0 Å². The van der Waals surface area contributed by atoms with Crippen molar-refractivity contribution in [1.82, 2.24) is 14.7 Å². The largest absolute Gasteiger partial charge is 0.342 e. The number of benzene rings is 1. The third kappa shape index (κ3) is 3.67. The molecule has 1 aromatic rings. The molecule has 2 saturated heterocycles. The van der Waals surface area contributed by atoms with Crippen molar-refractivity contribution in [2.75, 3.05) is 39.3 Å². The molecule has 3 rings (SSSR count). The average molecular weight is 343 g/mol. The number of hydrogen-bond donors (Lipinski definition) is 0. The van der Waals surface area contributed by atoms with Crippen LogP contribution in [0, 0.1) is 12.8 Å². The normalized spacial score (nSPS) is 21.0. The van der Waals surface area contributed by atoms with Crippen LogP contribution in [0.2, 0.25) is 0 Å². The van der Waals surface area contributed by atoms with E-state index in [1.165, 1.54) is 0 Å². The number of nitrogens with zero attached hydrogens (tertiary/aromatic N) is 3. The van der Waals surface area contributed by atoms with Crippen LogP contribution >= 0.6 is 0 Å². The molecule has 0 spiro atoms. The molecule has 25 heavy (non-hydrogen) atoms. The zero-order valence-electron chi connectivity index (χ0n) is 14.9. The number of rotatable bonds is 3. The van der Waals surface area contributed by atoms with Gasteiger partial charge in [-0.2, -0.15) is 0 Å². The van der Waals surface area contributed by atoms with Gasteiger partial charge in [-0.25, -0.2) is 0 Å². The first kappa shape index (κ1) is 17.5. The van der Waals surface area contributed by atoms with E-state index in [1.807, 2.05) is 38.1 Å². The Balaban J connectivity index is 1.55. The van der Waals surface area contributed by atoms with Crippen LogP contribution in [0.3, 0.4) is 0 Å². The van der Waals surface area contributed by atoms with E-state index in [4.69, 9.17) is 0 Å². The van der Waals surface area contributed by atoms with Crippen molar-refractivity contribution in [3.05, 3.63) is 35.4 Å². The lowest BCUT2D eigenvalue weighted by Crippen LogP contribution is -2.52. The Labute approximate surface area is 148 Å². The molecule has 0 bridgehead atoms. The summed E-state index contributed by atoms with van der Waals surface area (Å²) in [4.78, 5) is 42.3. The quantitative estimate of drug-likeness (QED) is 0.827. The fourth-order valence-electron chi connectivity index (χ4n) is 3.51. The van der Waals surface area contributed by atoms with Gasteiger partial charge in [0, 0.05) is 51.3 Å². The monoisotopic (exact) mass is 343 g/mol. The molecule has 0 saturated carbocycles. The van der Waals surface area contributed by atoms with Crippen molar-refractivity contribution in [1.29, 1.82) is 0 Å². The number of hydrogen-bond acceptors (Lipinski definition) is 3. The topological polar surface area (TPSA) is 60.9 Å². The lowest BCUT2D eigenvalue weighted by Gasteiger charge is -2.36. The van der Waals surface area contributed by atoms with Crippen LogP contribution in [0.15, 0.2) is 24.3 Å². The SMILES string of the molecule is CCN1CC(C(=O)N2CCN(C(=O)c3ccc(C)cc3)CC2)CC1=O. The maximum absolute atomic E-state index is 12.6. The van der Waals surface area contributed by atoms with Gasteiger partial charge in [0.2, 0.25) is 11.8 Å². The number of likely N-dealkylation sites (tertiary alicyclic amines) is 1. The molecule has 0 aromatic heterocycles. The van der Waals surface area contributed by atoms with Gasteiger partial charge in [0.25, 0.3) is 5.91 Å². The molecular formula is C19H25N3O3. The van der Waals surface area contributed by atoms with Crippen molar-refractivity contribution in [3.63, 3.8) is 0 Å². The van der Waals surface area contributed by atoms with E-state index < -0.39 is 0 Å². The highest BCUT2D eigenvalue weighted by Gasteiger charge is 2.36. The van der Waals surface area contributed by atoms with Gasteiger partial charge in [-0.1, -0.05) is 17.7 Å². The second-order valence-corrected chi connectivity index (χ2v) is 6.82. The molecule has 6 nitrogen and oxygen atoms in total. The maximum atomic E-state index is 12.6. The highest BCUT2D eigenvalue weighted by Crippen LogP contribution is 2.21. The summed E-state index contributed by atoms with van der Waals surface area (Å²) < 4.78 is 0. The molecule has 3 amide bonds. The van der Waals surface area contributed by atoms with E-state index in [-0.39, 0.29) is 23.6 Å². The van der Waals surface area contributed by atoms with Crippen molar-refractivity contribution < 1.29 is 14.4 Å². The third-order valence-corrected chi connectivity index (χ3v) is 5.12. The first-order chi connectivity index (χ1) is 12.0. The number of piperazine rings is 1. The van der Waals surface area contributed by atoms with Crippen LogP contribution in [0.1, 0.15) is 29.3 Å². The smallest absolute Gasteiger partial charge is 0.253 e. The maximum Gasteiger partial charge on any atom is 0.253 e. The molecule has 0 aliphatic carbocycles. The Morgan fingerprint density at radius 1 is 1.04 bits per heavy atom. The third-order valence-electron chi connectivity index (χ3n) is 5.12. The summed E-state index contributed by atoms with van der Waals surface area (Å²) in [6, 6.07) is 7.56. The molecule has 1 aromatic carbocycles. The van der Waals surface area contributed by atoms with E-state index in [0.717, 1.165) is 5.56 Å². The van der Waals surface area contributed by atoms with Crippen molar-refractivity contribution in [2.24, 2.45) is 5.92 Å². The zero-order valence-corrected chi connectivity index (χ0v) is 14.9. The van der Waals surface area contributed by atoms with Gasteiger partial charge >= 0.3 is 0 Å². The summed E-state index contributed by atoms with van der Waals surface area (Å²) in [6.07, 6.45) is 0.315. The predicted molar refractivity (Wildman–Crippen MR) is 94.0 cm³/mol. The first-order valence-corrected chi connectivity index (χ1v) is 8.92. The number of carbonyl (C=O) groups is 3. The molecule has 0 N–H and O–H groups in total. The molecule has 2 aliphatic rings. The molecule has 134 valence electrons. The number of carbonyl (C=O) groups excluding carboxylic acids is 3. The second kappa shape index (κ2) is 7.25. The molecule has 2 heterocycles. The van der Waals surface area contributed by atoms with Crippen LogP contribution < -0.4 is 0 Å². The molecule has 2 aliphatic heterocycles. The minimum atomic E-state index is -0.230. The van der Waals surface area contributed by atoms with E-state index in [2.05, 4.69) is 0 Å². The molecule has 1 atom stereocenters. The van der Waals surface area contributed by atoms with E-state index >= 15 is 0 Å². The standard InChI is InChI=1S/C19H25N3O3/c1-3-20-13-16(12-17(20)23)19(25)22-10-8-21(9-11-22)18(24)15-6-4-14(2)5-7-15/h4-7,16H,3,8-13H2,1-2H3. The van der Waals surface area contributed by atoms with Crippen molar-refractivity contribution in [3.8, 4) is 0 Å². The summed E-state index contributed by atoms with van der Waals surface area (Å²) in [5, 5.41) is 0. The van der Waals surface area contributed by atoms with Crippen LogP contribution in [-0.2, 0) is 9.59 Å². The highest BCUT2D eigenvalue weighted by atomic mass is 16.2. The van der Waals surface area contributed by atoms with Gasteiger partial charge in [0.1, 0.15) is 0 Å². The molecule has 2 fully saturated rings. The molecule has 6 heteroatoms. The van der Waals surface area contributed by atoms with Crippen molar-refractivity contribution >= 4 is 17.7 Å². The minimum absolute atomic E-state index is 0.0142. The fraction of sp³-hybridized carbons (Fsp3) is 0.526. The van der Waals surface area contributed by atoms with E-state index in [1.54, 1.807) is 14.7 Å². The van der Waals surface area contributed by atoms with Crippen molar-refractivity contribution in [2.45, 2.75) is 20.3 Å². The summed E-state index contributed by atoms with van der Waals surface area (Å²) in [5.41, 5.74) is 1.81. The van der Waals surface area contributed by atoms with Crippen LogP contribution in [-0.4, -0.2) is 71.7 Å². The Kier molecular flexibility index (Phi) is 5.06. The average Bonchev–Trinajstić information content (AvgIpc) is 3.02. The molecule has 0 radical (unpaired) electrons. The zero-order chi connectivity index (χ0) is 18.0. The predicted octanol–water partition coefficient (Wildman–Crippen LogP) is 1.15. The Hall–Kier alpha value is -2.37. The second-order valence-electron chi connectivity index (χ2n) is 6.82. The van der Waals surface area contributed by atoms with E-state index in [9.17, 15) is 14.4 Å². The van der Waals surface area contributed by atoms with Gasteiger partial charge in [-0.15, -0.1) is 0 Å². The summed E-state index contributed by atoms with van der Waals surface area (Å²) in [7, 11) is 0. The van der Waals surface area contributed by atoms with Gasteiger partial charge in [-0.05, 0) is 26.0 Å². The summed E-state index contributed by atoms with van der Waals surface area (Å²) >= 11 is 0. The first-order valence-electron chi connectivity index (χ1n) is 8.92. The lowest BCUT2D eigenvalue weighted by molar-refractivity contribution is -0.137. The Morgan fingerprint density at radius 2 is 1.64 bits per heavy atom. The Bertz CT molecular complexity index is 663. The highest BCUT2D eigenvalue weighted by molar-refractivity contribution is 5.94. The fourth-order valence-corrected chi connectivity index (χ4v) is 3.51.